The van der Waals surface area contributed by atoms with E-state index in [-0.39, 0.29) is 25.6 Å². The number of nitrogens with zero attached hydrogens (tertiary/aromatic N) is 1. The Balaban J connectivity index is 4.02. The minimum atomic E-state index is -4.39. The van der Waals surface area contributed by atoms with E-state index in [1.54, 1.807) is 0 Å². The topological polar surface area (TPSA) is 108 Å². The average Bonchev–Trinajstić information content (AvgIpc) is 3.40. The van der Waals surface area contributed by atoms with Crippen molar-refractivity contribution >= 4 is 19.8 Å². The van der Waals surface area contributed by atoms with E-state index in [1.807, 2.05) is 21.1 Å². The van der Waals surface area contributed by atoms with Crippen LogP contribution in [0.3, 0.4) is 0 Å². The number of allylic oxidation sites excluding steroid dienone is 6. The molecule has 0 amide bonds. The van der Waals surface area contributed by atoms with Gasteiger partial charge in [-0.3, -0.25) is 18.6 Å². The summed E-state index contributed by atoms with van der Waals surface area (Å²) >= 11 is 0. The van der Waals surface area contributed by atoms with Crippen LogP contribution >= 0.6 is 7.82 Å². The molecular weight excluding hydrogens is 990 g/mol. The van der Waals surface area contributed by atoms with Gasteiger partial charge in [0.05, 0.1) is 27.7 Å². The third-order valence-corrected chi connectivity index (χ3v) is 16.1. The molecule has 0 radical (unpaired) electrons. The van der Waals surface area contributed by atoms with Gasteiger partial charge in [-0.25, -0.2) is 4.57 Å². The number of esters is 2. The highest BCUT2D eigenvalue weighted by Crippen LogP contribution is 2.43. The second kappa shape index (κ2) is 59.8. The van der Waals surface area contributed by atoms with Gasteiger partial charge in [0.15, 0.2) is 6.10 Å². The quantitative estimate of drug-likeness (QED) is 0.0211. The Bertz CT molecular complexity index is 1410. The van der Waals surface area contributed by atoms with Gasteiger partial charge in [0.1, 0.15) is 19.8 Å². The van der Waals surface area contributed by atoms with Crippen LogP contribution in [-0.2, 0) is 32.7 Å². The first kappa shape index (κ1) is 76.2. The number of likely N-dealkylation sites (N-methyl/N-ethyl adjacent to an activating group) is 1. The smallest absolute Gasteiger partial charge is 0.462 e. The molecule has 0 saturated carbocycles. The highest BCUT2D eigenvalue weighted by atomic mass is 31.2. The van der Waals surface area contributed by atoms with E-state index < -0.39 is 26.5 Å². The van der Waals surface area contributed by atoms with Crippen molar-refractivity contribution in [2.45, 2.75) is 341 Å². The second-order valence-corrected chi connectivity index (χ2v) is 25.7. The lowest BCUT2D eigenvalue weighted by atomic mass is 10.0. The maximum Gasteiger partial charge on any atom is 0.472 e. The molecule has 0 aromatic rings. The molecule has 78 heavy (non-hydrogen) atoms. The number of carbonyl (C=O) groups excluding carboxylic acids is 2. The number of rotatable bonds is 63. The van der Waals surface area contributed by atoms with Crippen LogP contribution in [-0.4, -0.2) is 74.9 Å². The van der Waals surface area contributed by atoms with Gasteiger partial charge in [-0.05, 0) is 70.6 Å². The summed E-state index contributed by atoms with van der Waals surface area (Å²) in [6.45, 7) is 4.48. The second-order valence-electron chi connectivity index (χ2n) is 24.2. The van der Waals surface area contributed by atoms with Crippen LogP contribution in [0.4, 0.5) is 0 Å². The summed E-state index contributed by atoms with van der Waals surface area (Å²) < 4.78 is 34.7. The standard InChI is InChI=1S/C68H130NO8P/c1-6-8-10-12-14-16-18-20-22-24-26-28-30-31-32-33-34-35-36-37-39-41-43-45-47-49-51-53-55-57-59-61-68(71)77-66(65-76-78(72,73)75-63-62-69(3,4)5)64-74-67(70)60-58-56-54-52-50-48-46-44-42-40-38-29-27-25-23-21-19-17-15-13-11-9-7-2/h18,20,24-27,66H,6-17,19,21-23,28-65H2,1-5H3/p+1/b20-18-,26-24-,27-25-. The Hall–Kier alpha value is -1.77. The largest absolute Gasteiger partial charge is 0.472 e. The summed E-state index contributed by atoms with van der Waals surface area (Å²) in [6.07, 6.45) is 75.3. The first-order chi connectivity index (χ1) is 38.0. The Kier molecular flexibility index (Phi) is 58.5. The molecule has 0 heterocycles. The van der Waals surface area contributed by atoms with Crippen LogP contribution in [0, 0.1) is 0 Å². The Morgan fingerprint density at radius 3 is 1.03 bits per heavy atom. The fraction of sp³-hybridized carbons (Fsp3) is 0.882. The molecule has 9 nitrogen and oxygen atoms in total. The van der Waals surface area contributed by atoms with Gasteiger partial charge < -0.3 is 18.9 Å². The number of quaternary nitrogens is 1. The fourth-order valence-corrected chi connectivity index (χ4v) is 10.7. The number of hydrogen-bond acceptors (Lipinski definition) is 7. The van der Waals surface area contributed by atoms with Crippen LogP contribution in [0.2, 0.25) is 0 Å². The van der Waals surface area contributed by atoms with Crippen LogP contribution in [0.5, 0.6) is 0 Å². The van der Waals surface area contributed by atoms with Gasteiger partial charge in [0.2, 0.25) is 0 Å². The molecule has 10 heteroatoms. The van der Waals surface area contributed by atoms with Crippen molar-refractivity contribution in [1.82, 2.24) is 0 Å². The third kappa shape index (κ3) is 63.4. The summed E-state index contributed by atoms with van der Waals surface area (Å²) in [5, 5.41) is 0. The molecule has 0 bridgehead atoms. The first-order valence-electron chi connectivity index (χ1n) is 33.7. The summed E-state index contributed by atoms with van der Waals surface area (Å²) in [6, 6.07) is 0. The lowest BCUT2D eigenvalue weighted by Gasteiger charge is -2.24. The first-order valence-corrected chi connectivity index (χ1v) is 35.2. The molecule has 0 aromatic carbocycles. The van der Waals surface area contributed by atoms with Crippen molar-refractivity contribution in [2.24, 2.45) is 0 Å². The minimum Gasteiger partial charge on any atom is -0.462 e. The van der Waals surface area contributed by atoms with E-state index in [1.165, 1.54) is 263 Å². The van der Waals surface area contributed by atoms with E-state index in [4.69, 9.17) is 18.5 Å². The molecule has 0 fully saturated rings. The monoisotopic (exact) mass is 1120 g/mol. The molecular formula is C68H131NO8P+. The van der Waals surface area contributed by atoms with Crippen molar-refractivity contribution in [2.75, 3.05) is 47.5 Å². The number of hydrogen-bond donors (Lipinski definition) is 1. The van der Waals surface area contributed by atoms with Gasteiger partial charge in [-0.15, -0.1) is 0 Å². The zero-order chi connectivity index (χ0) is 57.0. The van der Waals surface area contributed by atoms with Crippen molar-refractivity contribution in [3.05, 3.63) is 36.5 Å². The third-order valence-electron chi connectivity index (χ3n) is 15.1. The highest BCUT2D eigenvalue weighted by Gasteiger charge is 2.27. The maximum atomic E-state index is 12.9. The average molecular weight is 1120 g/mol. The van der Waals surface area contributed by atoms with E-state index >= 15 is 0 Å². The van der Waals surface area contributed by atoms with Crippen LogP contribution in [0.1, 0.15) is 335 Å². The summed E-state index contributed by atoms with van der Waals surface area (Å²) in [4.78, 5) is 35.8. The molecule has 0 rings (SSSR count). The van der Waals surface area contributed by atoms with Gasteiger partial charge in [-0.2, -0.15) is 0 Å². The molecule has 2 atom stereocenters. The lowest BCUT2D eigenvalue weighted by molar-refractivity contribution is -0.870. The normalized spacial score (nSPS) is 13.4. The molecule has 0 saturated heterocycles. The van der Waals surface area contributed by atoms with Crippen LogP contribution in [0.25, 0.3) is 0 Å². The van der Waals surface area contributed by atoms with Crippen molar-refractivity contribution in [3.63, 3.8) is 0 Å². The van der Waals surface area contributed by atoms with E-state index in [9.17, 15) is 19.0 Å². The number of phosphoric ester groups is 1. The van der Waals surface area contributed by atoms with Gasteiger partial charge in [0, 0.05) is 12.8 Å². The number of unbranched alkanes of at least 4 members (excludes halogenated alkanes) is 43. The van der Waals surface area contributed by atoms with Crippen molar-refractivity contribution in [1.29, 1.82) is 0 Å². The summed E-state index contributed by atoms with van der Waals surface area (Å²) in [5.41, 5.74) is 0. The van der Waals surface area contributed by atoms with Crippen LogP contribution in [0.15, 0.2) is 36.5 Å². The molecule has 0 aliphatic carbocycles. The Labute approximate surface area is 484 Å². The van der Waals surface area contributed by atoms with Crippen LogP contribution < -0.4 is 0 Å². The van der Waals surface area contributed by atoms with Crippen molar-refractivity contribution in [3.8, 4) is 0 Å². The molecule has 460 valence electrons. The minimum absolute atomic E-state index is 0.0339. The summed E-state index contributed by atoms with van der Waals surface area (Å²) in [5.74, 6) is -0.780. The Morgan fingerprint density at radius 1 is 0.397 bits per heavy atom. The van der Waals surface area contributed by atoms with Crippen molar-refractivity contribution < 1.29 is 42.1 Å². The molecule has 2 unspecified atom stereocenters. The highest BCUT2D eigenvalue weighted by molar-refractivity contribution is 7.47. The number of phosphoric acid groups is 1. The predicted molar refractivity (Wildman–Crippen MR) is 335 cm³/mol. The SMILES string of the molecule is CCCCCCC/C=C\C/C=C\CCCCCCCCCCCCCCCCCCCCCC(=O)OC(COC(=O)CCCCCCCCCCCCC/C=C\CCCCCCCCCC)COP(=O)(O)OCC[N+](C)(C)C. The molecule has 0 spiro atoms. The zero-order valence-electron chi connectivity index (χ0n) is 52.4. The lowest BCUT2D eigenvalue weighted by Crippen LogP contribution is -2.37. The van der Waals surface area contributed by atoms with E-state index in [0.717, 1.165) is 38.5 Å². The molecule has 1 N–H and O–H groups in total. The predicted octanol–water partition coefficient (Wildman–Crippen LogP) is 21.5. The number of ether oxygens (including phenoxy) is 2. The zero-order valence-corrected chi connectivity index (χ0v) is 53.3. The summed E-state index contributed by atoms with van der Waals surface area (Å²) in [7, 11) is 1.49. The van der Waals surface area contributed by atoms with E-state index in [0.29, 0.717) is 23.9 Å². The van der Waals surface area contributed by atoms with Gasteiger partial charge >= 0.3 is 19.8 Å². The molecule has 0 aliphatic rings. The fourth-order valence-electron chi connectivity index (χ4n) is 9.93. The number of carbonyl (C=O) groups is 2. The van der Waals surface area contributed by atoms with Gasteiger partial charge in [0.25, 0.3) is 0 Å². The Morgan fingerprint density at radius 2 is 0.692 bits per heavy atom. The molecule has 0 aliphatic heterocycles. The molecule has 0 aromatic heterocycles. The van der Waals surface area contributed by atoms with E-state index in [2.05, 4.69) is 50.3 Å². The maximum absolute atomic E-state index is 12.9. The van der Waals surface area contributed by atoms with Gasteiger partial charge in [-0.1, -0.05) is 288 Å².